The summed E-state index contributed by atoms with van der Waals surface area (Å²) in [5.41, 5.74) is 2.12. The van der Waals surface area contributed by atoms with Gasteiger partial charge in [-0.15, -0.1) is 0 Å². The molecule has 1 aliphatic rings. The molecule has 0 radical (unpaired) electrons. The molecule has 0 bridgehead atoms. The van der Waals surface area contributed by atoms with Crippen LogP contribution < -0.4 is 5.32 Å². The number of ether oxygens (including phenoxy) is 1. The summed E-state index contributed by atoms with van der Waals surface area (Å²) < 4.78 is 5.43. The summed E-state index contributed by atoms with van der Waals surface area (Å²) >= 11 is 0. The van der Waals surface area contributed by atoms with Crippen molar-refractivity contribution in [3.8, 4) is 0 Å². The minimum Gasteiger partial charge on any atom is -0.478 e. The highest BCUT2D eigenvalue weighted by atomic mass is 16.5. The lowest BCUT2D eigenvalue weighted by Gasteiger charge is -2.22. The van der Waals surface area contributed by atoms with E-state index in [1.54, 1.807) is 6.07 Å². The average molecular weight is 249 g/mol. The molecule has 98 valence electrons. The standard InChI is InChI=1S/C14H19NO3/c1-10-7-12(4-5-13(10)14(16)17)15-8-11-3-2-6-18-9-11/h4-5,7,11,15H,2-3,6,8-9H2,1H3,(H,16,17). The Balaban J connectivity index is 1.93. The van der Waals surface area contributed by atoms with E-state index in [1.165, 1.54) is 6.42 Å². The van der Waals surface area contributed by atoms with Gasteiger partial charge in [0.15, 0.2) is 0 Å². The number of carbonyl (C=O) groups is 1. The van der Waals surface area contributed by atoms with E-state index in [-0.39, 0.29) is 0 Å². The molecule has 1 heterocycles. The van der Waals surface area contributed by atoms with Crippen LogP contribution >= 0.6 is 0 Å². The predicted octanol–water partition coefficient (Wildman–Crippen LogP) is 2.53. The van der Waals surface area contributed by atoms with Crippen LogP contribution in [0.15, 0.2) is 18.2 Å². The van der Waals surface area contributed by atoms with Crippen LogP contribution in [0.3, 0.4) is 0 Å². The summed E-state index contributed by atoms with van der Waals surface area (Å²) in [4.78, 5) is 10.9. The van der Waals surface area contributed by atoms with Crippen LogP contribution in [0.4, 0.5) is 5.69 Å². The van der Waals surface area contributed by atoms with Crippen molar-refractivity contribution in [2.75, 3.05) is 25.1 Å². The number of aryl methyl sites for hydroxylation is 1. The van der Waals surface area contributed by atoms with E-state index >= 15 is 0 Å². The van der Waals surface area contributed by atoms with Crippen LogP contribution in [-0.2, 0) is 4.74 Å². The molecule has 0 aliphatic carbocycles. The zero-order valence-corrected chi connectivity index (χ0v) is 10.6. The predicted molar refractivity (Wildman–Crippen MR) is 70.2 cm³/mol. The smallest absolute Gasteiger partial charge is 0.335 e. The molecule has 2 N–H and O–H groups in total. The van der Waals surface area contributed by atoms with E-state index in [0.29, 0.717) is 11.5 Å². The van der Waals surface area contributed by atoms with Gasteiger partial charge in [0.1, 0.15) is 0 Å². The molecule has 0 aromatic heterocycles. The lowest BCUT2D eigenvalue weighted by molar-refractivity contribution is 0.0595. The fraction of sp³-hybridized carbons (Fsp3) is 0.500. The molecule has 2 rings (SSSR count). The van der Waals surface area contributed by atoms with Gasteiger partial charge in [0, 0.05) is 18.8 Å². The fourth-order valence-electron chi connectivity index (χ4n) is 2.24. The summed E-state index contributed by atoms with van der Waals surface area (Å²) in [6.07, 6.45) is 2.32. The van der Waals surface area contributed by atoms with Gasteiger partial charge in [-0.2, -0.15) is 0 Å². The molecule has 1 aromatic carbocycles. The third-order valence-electron chi connectivity index (χ3n) is 3.31. The maximum absolute atomic E-state index is 10.9. The minimum absolute atomic E-state index is 0.363. The number of carboxylic acid groups (broad SMARTS) is 1. The molecule has 1 atom stereocenters. The minimum atomic E-state index is -0.875. The average Bonchev–Trinajstić information content (AvgIpc) is 2.37. The van der Waals surface area contributed by atoms with E-state index in [9.17, 15) is 4.79 Å². The Hall–Kier alpha value is -1.55. The second-order valence-corrected chi connectivity index (χ2v) is 4.80. The normalized spacial score (nSPS) is 19.5. The molecule has 1 fully saturated rings. The van der Waals surface area contributed by atoms with Gasteiger partial charge in [-0.25, -0.2) is 4.79 Å². The van der Waals surface area contributed by atoms with Crippen molar-refractivity contribution in [3.05, 3.63) is 29.3 Å². The number of carboxylic acids is 1. The maximum atomic E-state index is 10.9. The molecule has 1 aromatic rings. The summed E-state index contributed by atoms with van der Waals surface area (Å²) in [6.45, 7) is 4.40. The van der Waals surface area contributed by atoms with Crippen LogP contribution in [-0.4, -0.2) is 30.8 Å². The van der Waals surface area contributed by atoms with Gasteiger partial charge in [0.25, 0.3) is 0 Å². The van der Waals surface area contributed by atoms with Crippen LogP contribution in [0.2, 0.25) is 0 Å². The van der Waals surface area contributed by atoms with E-state index in [0.717, 1.165) is 37.4 Å². The van der Waals surface area contributed by atoms with E-state index in [1.807, 2.05) is 19.1 Å². The third kappa shape index (κ3) is 3.23. The Labute approximate surface area is 107 Å². The summed E-state index contributed by atoms with van der Waals surface area (Å²) in [6, 6.07) is 5.35. The molecular formula is C14H19NO3. The van der Waals surface area contributed by atoms with Gasteiger partial charge in [0.2, 0.25) is 0 Å². The van der Waals surface area contributed by atoms with Crippen molar-refractivity contribution in [2.45, 2.75) is 19.8 Å². The number of nitrogens with one attached hydrogen (secondary N) is 1. The van der Waals surface area contributed by atoms with Gasteiger partial charge in [0.05, 0.1) is 12.2 Å². The Morgan fingerprint density at radius 2 is 2.39 bits per heavy atom. The van der Waals surface area contributed by atoms with E-state index < -0.39 is 5.97 Å². The highest BCUT2D eigenvalue weighted by molar-refractivity contribution is 5.89. The molecule has 4 nitrogen and oxygen atoms in total. The van der Waals surface area contributed by atoms with Gasteiger partial charge in [-0.1, -0.05) is 0 Å². The molecule has 0 spiro atoms. The van der Waals surface area contributed by atoms with Crippen LogP contribution in [0.1, 0.15) is 28.8 Å². The van der Waals surface area contributed by atoms with Crippen molar-refractivity contribution >= 4 is 11.7 Å². The third-order valence-corrected chi connectivity index (χ3v) is 3.31. The van der Waals surface area contributed by atoms with Crippen molar-refractivity contribution in [3.63, 3.8) is 0 Å². The van der Waals surface area contributed by atoms with Crippen LogP contribution in [0.5, 0.6) is 0 Å². The number of aromatic carboxylic acids is 1. The first-order valence-electron chi connectivity index (χ1n) is 6.32. The van der Waals surface area contributed by atoms with Gasteiger partial charge in [-0.05, 0) is 49.4 Å². The first kappa shape index (κ1) is 12.9. The molecule has 1 saturated heterocycles. The van der Waals surface area contributed by atoms with Gasteiger partial charge in [-0.3, -0.25) is 0 Å². The topological polar surface area (TPSA) is 58.6 Å². The zero-order valence-electron chi connectivity index (χ0n) is 10.6. The number of rotatable bonds is 4. The number of benzene rings is 1. The lowest BCUT2D eigenvalue weighted by atomic mass is 10.0. The quantitative estimate of drug-likeness (QED) is 0.861. The van der Waals surface area contributed by atoms with Crippen molar-refractivity contribution < 1.29 is 14.6 Å². The molecule has 0 amide bonds. The lowest BCUT2D eigenvalue weighted by Crippen LogP contribution is -2.24. The Morgan fingerprint density at radius 1 is 1.56 bits per heavy atom. The van der Waals surface area contributed by atoms with Crippen LogP contribution in [0, 0.1) is 12.8 Å². The first-order valence-corrected chi connectivity index (χ1v) is 6.32. The molecule has 1 unspecified atom stereocenters. The van der Waals surface area contributed by atoms with E-state index in [4.69, 9.17) is 9.84 Å². The first-order chi connectivity index (χ1) is 8.66. The highest BCUT2D eigenvalue weighted by Gasteiger charge is 2.13. The zero-order chi connectivity index (χ0) is 13.0. The highest BCUT2D eigenvalue weighted by Crippen LogP contribution is 2.18. The molecule has 0 saturated carbocycles. The molecule has 4 heteroatoms. The SMILES string of the molecule is Cc1cc(NCC2CCCOC2)ccc1C(=O)O. The van der Waals surface area contributed by atoms with Crippen LogP contribution in [0.25, 0.3) is 0 Å². The summed E-state index contributed by atoms with van der Waals surface area (Å²) in [5.74, 6) is -0.321. The van der Waals surface area contributed by atoms with Crippen molar-refractivity contribution in [2.24, 2.45) is 5.92 Å². The number of anilines is 1. The largest absolute Gasteiger partial charge is 0.478 e. The Morgan fingerprint density at radius 3 is 3.00 bits per heavy atom. The number of hydrogen-bond donors (Lipinski definition) is 2. The maximum Gasteiger partial charge on any atom is 0.335 e. The molecule has 1 aliphatic heterocycles. The van der Waals surface area contributed by atoms with Gasteiger partial charge < -0.3 is 15.2 Å². The Bertz CT molecular complexity index is 425. The molecule has 18 heavy (non-hydrogen) atoms. The molecular weight excluding hydrogens is 230 g/mol. The van der Waals surface area contributed by atoms with Crippen molar-refractivity contribution in [1.82, 2.24) is 0 Å². The summed E-state index contributed by atoms with van der Waals surface area (Å²) in [7, 11) is 0. The second-order valence-electron chi connectivity index (χ2n) is 4.80. The van der Waals surface area contributed by atoms with Crippen molar-refractivity contribution in [1.29, 1.82) is 0 Å². The second kappa shape index (κ2) is 5.87. The van der Waals surface area contributed by atoms with E-state index in [2.05, 4.69) is 5.32 Å². The Kier molecular flexibility index (Phi) is 4.20. The van der Waals surface area contributed by atoms with Gasteiger partial charge >= 0.3 is 5.97 Å². The monoisotopic (exact) mass is 249 g/mol. The number of hydrogen-bond acceptors (Lipinski definition) is 3. The summed E-state index contributed by atoms with van der Waals surface area (Å²) in [5, 5.41) is 12.3. The fourth-order valence-corrected chi connectivity index (χ4v) is 2.24.